The molecule has 2 saturated carbocycles. The summed E-state index contributed by atoms with van der Waals surface area (Å²) < 4.78 is 55.2. The van der Waals surface area contributed by atoms with E-state index in [4.69, 9.17) is 26.8 Å². The van der Waals surface area contributed by atoms with E-state index in [1.54, 1.807) is 25.1 Å². The molecule has 1 aliphatic heterocycles. The number of pyridine rings is 2. The van der Waals surface area contributed by atoms with Crippen LogP contribution < -0.4 is 20.5 Å². The third-order valence-corrected chi connectivity index (χ3v) is 9.60. The minimum absolute atomic E-state index is 0.0149. The number of carbonyl (C=O) groups excluding carboxylic acids is 2. The van der Waals surface area contributed by atoms with Gasteiger partial charge in [0.1, 0.15) is 40.3 Å². The number of rotatable bonds is 9. The third kappa shape index (κ3) is 5.33. The van der Waals surface area contributed by atoms with Crippen molar-refractivity contribution in [3.05, 3.63) is 81.4 Å². The molecule has 2 aromatic carbocycles. The first-order chi connectivity index (χ1) is 22.3. The van der Waals surface area contributed by atoms with Crippen molar-refractivity contribution >= 4 is 34.3 Å². The zero-order chi connectivity index (χ0) is 33.4. The summed E-state index contributed by atoms with van der Waals surface area (Å²) in [7, 11) is 0. The van der Waals surface area contributed by atoms with Gasteiger partial charge in [0.25, 0.3) is 5.91 Å². The molecule has 13 heteroatoms. The van der Waals surface area contributed by atoms with Gasteiger partial charge in [-0.25, -0.2) is 23.1 Å². The molecule has 7 rings (SSSR count). The maximum absolute atomic E-state index is 15.1. The summed E-state index contributed by atoms with van der Waals surface area (Å²) in [4.78, 5) is 35.3. The highest BCUT2D eigenvalue weighted by Gasteiger charge is 2.50. The van der Waals surface area contributed by atoms with Gasteiger partial charge in [0.15, 0.2) is 17.5 Å². The minimum Gasteiger partial charge on any atom is -0.489 e. The van der Waals surface area contributed by atoms with Crippen molar-refractivity contribution in [2.75, 3.05) is 13.2 Å². The number of aliphatic hydroxyl groups is 1. The first-order valence-electron chi connectivity index (χ1n) is 15.2. The number of primary amides is 1. The van der Waals surface area contributed by atoms with Crippen molar-refractivity contribution in [2.45, 2.75) is 56.7 Å². The van der Waals surface area contributed by atoms with Crippen molar-refractivity contribution < 1.29 is 37.3 Å². The largest absolute Gasteiger partial charge is 0.489 e. The average molecular weight is 667 g/mol. The minimum atomic E-state index is -1.80. The van der Waals surface area contributed by atoms with Crippen LogP contribution in [0.3, 0.4) is 0 Å². The van der Waals surface area contributed by atoms with Crippen LogP contribution in [0.5, 0.6) is 11.5 Å². The Morgan fingerprint density at radius 2 is 1.87 bits per heavy atom. The fraction of sp³-hybridized carbons (Fsp3) is 0.353. The molecular weight excluding hydrogens is 637 g/mol. The number of nitrogens with zero attached hydrogens (tertiary/aromatic N) is 2. The Kier molecular flexibility index (Phi) is 7.36. The number of amides is 2. The number of nitrogens with one attached hydrogen (secondary N) is 1. The molecule has 2 aromatic heterocycles. The van der Waals surface area contributed by atoms with Gasteiger partial charge < -0.3 is 25.6 Å². The van der Waals surface area contributed by atoms with Gasteiger partial charge in [-0.3, -0.25) is 9.59 Å². The van der Waals surface area contributed by atoms with Gasteiger partial charge in [-0.05, 0) is 81.8 Å². The molecule has 0 radical (unpaired) electrons. The smallest absolute Gasteiger partial charge is 0.251 e. The number of aromatic nitrogens is 2. The number of ether oxygens (including phenoxy) is 2. The SMILES string of the molecule is Cc1nc2c(OC3CC3)cc(C(=O)NC[C@](O)(c3cc4c(c(-c5ccc(F)c(F)c5F)n3)OC[C@]4(C)C(N)=O)C3CC3)cc2cc1Cl. The van der Waals surface area contributed by atoms with Gasteiger partial charge >= 0.3 is 0 Å². The number of carbonyl (C=O) groups is 2. The summed E-state index contributed by atoms with van der Waals surface area (Å²) in [5, 5.41) is 16.0. The highest BCUT2D eigenvalue weighted by atomic mass is 35.5. The van der Waals surface area contributed by atoms with Crippen LogP contribution in [-0.2, 0) is 15.8 Å². The monoisotopic (exact) mass is 666 g/mol. The normalized spacial score (nSPS) is 20.0. The maximum atomic E-state index is 15.1. The number of benzene rings is 2. The molecule has 0 bridgehead atoms. The highest BCUT2D eigenvalue weighted by molar-refractivity contribution is 6.31. The van der Waals surface area contributed by atoms with Gasteiger partial charge in [0.2, 0.25) is 5.91 Å². The molecular formula is C34H30ClF3N4O5. The second kappa shape index (κ2) is 11.1. The Labute approximate surface area is 272 Å². The number of hydrogen-bond acceptors (Lipinski definition) is 7. The molecule has 9 nitrogen and oxygen atoms in total. The summed E-state index contributed by atoms with van der Waals surface area (Å²) in [5.74, 6) is -5.86. The second-order valence-corrected chi connectivity index (χ2v) is 13.1. The molecule has 2 fully saturated rings. The summed E-state index contributed by atoms with van der Waals surface area (Å²) in [5.41, 5.74) is 3.50. The van der Waals surface area contributed by atoms with Crippen LogP contribution in [0, 0.1) is 30.3 Å². The van der Waals surface area contributed by atoms with Crippen LogP contribution in [0.1, 0.15) is 59.9 Å². The molecule has 3 heterocycles. The van der Waals surface area contributed by atoms with Crippen LogP contribution in [0.15, 0.2) is 36.4 Å². The van der Waals surface area contributed by atoms with Crippen LogP contribution in [0.25, 0.3) is 22.2 Å². The van der Waals surface area contributed by atoms with E-state index >= 15 is 4.39 Å². The second-order valence-electron chi connectivity index (χ2n) is 12.7. The van der Waals surface area contributed by atoms with Gasteiger partial charge in [0, 0.05) is 22.1 Å². The van der Waals surface area contributed by atoms with Gasteiger partial charge in [-0.2, -0.15) is 0 Å². The Balaban J connectivity index is 1.28. The molecule has 4 N–H and O–H groups in total. The van der Waals surface area contributed by atoms with E-state index in [1.165, 1.54) is 13.0 Å². The Bertz CT molecular complexity index is 2000. The lowest BCUT2D eigenvalue weighted by atomic mass is 9.81. The van der Waals surface area contributed by atoms with Crippen LogP contribution >= 0.6 is 11.6 Å². The predicted molar refractivity (Wildman–Crippen MR) is 166 cm³/mol. The summed E-state index contributed by atoms with van der Waals surface area (Å²) in [6, 6.07) is 8.14. The maximum Gasteiger partial charge on any atom is 0.251 e. The molecule has 244 valence electrons. The molecule has 2 atom stereocenters. The summed E-state index contributed by atoms with van der Waals surface area (Å²) >= 11 is 6.34. The van der Waals surface area contributed by atoms with Crippen molar-refractivity contribution in [1.29, 1.82) is 0 Å². The lowest BCUT2D eigenvalue weighted by Crippen LogP contribution is -2.44. The van der Waals surface area contributed by atoms with E-state index in [1.807, 2.05) is 0 Å². The number of nitrogens with two attached hydrogens (primary N) is 1. The lowest BCUT2D eigenvalue weighted by molar-refractivity contribution is -0.123. The number of hydrogen-bond donors (Lipinski definition) is 3. The van der Waals surface area contributed by atoms with Crippen molar-refractivity contribution in [2.24, 2.45) is 11.7 Å². The van der Waals surface area contributed by atoms with Crippen LogP contribution in [-0.4, -0.2) is 46.1 Å². The standard InChI is InChI=1S/C34H30ClF3N4O5/c1-15-22(35)10-16-9-17(11-24(28(16)41-15)47-19-5-6-19)31(43)40-13-34(45,18-3-4-18)25-12-21-30(46-14-33(21,2)32(39)44)29(42-25)20-7-8-23(36)27(38)26(20)37/h7-12,18-19,45H,3-6,13-14H2,1-2H3,(H2,39,44)(H,40,43)/t33-,34+/m0/s1. The Hall–Kier alpha value is -4.42. The molecule has 47 heavy (non-hydrogen) atoms. The molecule has 3 aliphatic rings. The van der Waals surface area contributed by atoms with E-state index in [9.17, 15) is 23.5 Å². The van der Waals surface area contributed by atoms with Crippen LogP contribution in [0.2, 0.25) is 5.02 Å². The third-order valence-electron chi connectivity index (χ3n) is 9.21. The summed E-state index contributed by atoms with van der Waals surface area (Å²) in [6.07, 6.45) is 2.99. The Morgan fingerprint density at radius 3 is 2.55 bits per heavy atom. The zero-order valence-electron chi connectivity index (χ0n) is 25.4. The number of halogens is 4. The van der Waals surface area contributed by atoms with E-state index in [-0.39, 0.29) is 53.4 Å². The molecule has 4 aromatic rings. The first kappa shape index (κ1) is 31.2. The summed E-state index contributed by atoms with van der Waals surface area (Å²) in [6.45, 7) is 2.77. The quantitative estimate of drug-likeness (QED) is 0.204. The fourth-order valence-electron chi connectivity index (χ4n) is 5.93. The topological polar surface area (TPSA) is 137 Å². The van der Waals surface area contributed by atoms with Gasteiger partial charge in [0.05, 0.1) is 29.1 Å². The number of aryl methyl sites for hydroxylation is 1. The van der Waals surface area contributed by atoms with E-state index < -0.39 is 45.8 Å². The Morgan fingerprint density at radius 1 is 1.13 bits per heavy atom. The van der Waals surface area contributed by atoms with Gasteiger partial charge in [-0.15, -0.1) is 0 Å². The molecule has 0 spiro atoms. The zero-order valence-corrected chi connectivity index (χ0v) is 26.2. The molecule has 2 aliphatic carbocycles. The van der Waals surface area contributed by atoms with Crippen molar-refractivity contribution in [3.63, 3.8) is 0 Å². The first-order valence-corrected chi connectivity index (χ1v) is 15.6. The van der Waals surface area contributed by atoms with Gasteiger partial charge in [-0.1, -0.05) is 11.6 Å². The van der Waals surface area contributed by atoms with Crippen LogP contribution in [0.4, 0.5) is 13.2 Å². The molecule has 0 unspecified atom stereocenters. The fourth-order valence-corrected chi connectivity index (χ4v) is 6.09. The highest BCUT2D eigenvalue weighted by Crippen LogP contribution is 2.50. The lowest BCUT2D eigenvalue weighted by Gasteiger charge is -2.30. The van der Waals surface area contributed by atoms with E-state index in [2.05, 4.69) is 15.3 Å². The molecule has 2 amide bonds. The van der Waals surface area contributed by atoms with Crippen molar-refractivity contribution in [1.82, 2.24) is 15.3 Å². The molecule has 0 saturated heterocycles. The van der Waals surface area contributed by atoms with E-state index in [0.717, 1.165) is 25.0 Å². The van der Waals surface area contributed by atoms with Crippen molar-refractivity contribution in [3.8, 4) is 22.8 Å². The average Bonchev–Trinajstić information content (AvgIpc) is 3.98. The predicted octanol–water partition coefficient (Wildman–Crippen LogP) is 5.38. The van der Waals surface area contributed by atoms with E-state index in [0.29, 0.717) is 40.2 Å². The number of fused-ring (bicyclic) bond motifs is 2.